The van der Waals surface area contributed by atoms with Gasteiger partial charge in [0.05, 0.1) is 17.1 Å². The van der Waals surface area contributed by atoms with Gasteiger partial charge in [0.25, 0.3) is 0 Å². The summed E-state index contributed by atoms with van der Waals surface area (Å²) in [6.45, 7) is 2.06. The molecule has 0 spiro atoms. The molecule has 1 aliphatic carbocycles. The van der Waals surface area contributed by atoms with E-state index in [0.29, 0.717) is 5.92 Å². The third-order valence-electron chi connectivity index (χ3n) is 4.47. The number of aromatic amines is 1. The van der Waals surface area contributed by atoms with Crippen molar-refractivity contribution in [3.63, 3.8) is 0 Å². The number of anilines is 1. The first kappa shape index (κ1) is 13.5. The molecule has 5 rings (SSSR count). The van der Waals surface area contributed by atoms with Crippen LogP contribution in [0.5, 0.6) is 0 Å². The predicted octanol–water partition coefficient (Wildman–Crippen LogP) is 3.05. The molecule has 1 fully saturated rings. The second-order valence-corrected chi connectivity index (χ2v) is 6.31. The Hall–Kier alpha value is -2.96. The summed E-state index contributed by atoms with van der Waals surface area (Å²) < 4.78 is 2.04. The van der Waals surface area contributed by atoms with E-state index in [1.54, 1.807) is 6.20 Å². The van der Waals surface area contributed by atoms with E-state index in [-0.39, 0.29) is 6.04 Å². The highest BCUT2D eigenvalue weighted by molar-refractivity contribution is 5.75. The van der Waals surface area contributed by atoms with Gasteiger partial charge >= 0.3 is 0 Å². The number of rotatable bonds is 4. The highest BCUT2D eigenvalue weighted by Gasteiger charge is 2.29. The van der Waals surface area contributed by atoms with Gasteiger partial charge in [0, 0.05) is 18.3 Å². The average molecular weight is 319 g/mol. The molecular weight excluding hydrogens is 302 g/mol. The lowest BCUT2D eigenvalue weighted by Gasteiger charge is -2.12. The maximum absolute atomic E-state index is 4.64. The molecule has 1 unspecified atom stereocenters. The molecule has 0 radical (unpaired) electrons. The highest BCUT2D eigenvalue weighted by Crippen LogP contribution is 2.39. The lowest BCUT2D eigenvalue weighted by atomic mass is 10.3. The minimum Gasteiger partial charge on any atom is -0.357 e. The van der Waals surface area contributed by atoms with E-state index in [4.69, 9.17) is 0 Å². The van der Waals surface area contributed by atoms with Crippen molar-refractivity contribution in [2.45, 2.75) is 31.7 Å². The highest BCUT2D eigenvalue weighted by atomic mass is 15.3. The summed E-state index contributed by atoms with van der Waals surface area (Å²) in [6, 6.07) is 8.00. The lowest BCUT2D eigenvalue weighted by molar-refractivity contribution is 0.807. The van der Waals surface area contributed by atoms with Crippen molar-refractivity contribution in [1.29, 1.82) is 0 Å². The van der Waals surface area contributed by atoms with Crippen molar-refractivity contribution in [2.24, 2.45) is 0 Å². The summed E-state index contributed by atoms with van der Waals surface area (Å²) in [6.07, 6.45) is 6.11. The number of hydrogen-bond acceptors (Lipinski definition) is 5. The quantitative estimate of drug-likeness (QED) is 0.604. The van der Waals surface area contributed by atoms with E-state index in [9.17, 15) is 0 Å². The largest absolute Gasteiger partial charge is 0.357 e. The van der Waals surface area contributed by atoms with Crippen LogP contribution in [0.3, 0.4) is 0 Å². The fraction of sp³-hybridized carbons (Fsp3) is 0.294. The van der Waals surface area contributed by atoms with E-state index >= 15 is 0 Å². The number of benzene rings is 1. The second kappa shape index (κ2) is 5.02. The molecule has 0 amide bonds. The van der Waals surface area contributed by atoms with E-state index in [0.717, 1.165) is 34.1 Å². The Morgan fingerprint density at radius 2 is 2.12 bits per heavy atom. The van der Waals surface area contributed by atoms with Crippen LogP contribution in [0.4, 0.5) is 5.82 Å². The Kier molecular flexibility index (Phi) is 2.82. The van der Waals surface area contributed by atoms with Crippen LogP contribution in [0.2, 0.25) is 0 Å². The summed E-state index contributed by atoms with van der Waals surface area (Å²) in [7, 11) is 0. The van der Waals surface area contributed by atoms with Gasteiger partial charge in [-0.3, -0.25) is 4.40 Å². The Morgan fingerprint density at radius 3 is 2.96 bits per heavy atom. The van der Waals surface area contributed by atoms with Gasteiger partial charge in [0.2, 0.25) is 5.65 Å². The maximum Gasteiger partial charge on any atom is 0.203 e. The number of imidazole rings is 1. The van der Waals surface area contributed by atoms with Crippen LogP contribution in [0.15, 0.2) is 36.7 Å². The Bertz CT molecular complexity index is 995. The van der Waals surface area contributed by atoms with Crippen molar-refractivity contribution < 1.29 is 0 Å². The number of hydrogen-bond donors (Lipinski definition) is 2. The zero-order valence-corrected chi connectivity index (χ0v) is 13.3. The van der Waals surface area contributed by atoms with Gasteiger partial charge in [-0.25, -0.2) is 9.97 Å². The van der Waals surface area contributed by atoms with Crippen molar-refractivity contribution >= 4 is 22.5 Å². The van der Waals surface area contributed by atoms with Crippen molar-refractivity contribution in [3.8, 4) is 0 Å². The number of H-pyrrole nitrogens is 1. The first-order valence-electron chi connectivity index (χ1n) is 8.20. The first-order valence-corrected chi connectivity index (χ1v) is 8.20. The fourth-order valence-electron chi connectivity index (χ4n) is 3.02. The third kappa shape index (κ3) is 2.12. The van der Waals surface area contributed by atoms with Gasteiger partial charge in [-0.05, 0) is 31.9 Å². The summed E-state index contributed by atoms with van der Waals surface area (Å²) in [5.41, 5.74) is 2.76. The van der Waals surface area contributed by atoms with Gasteiger partial charge in [0.15, 0.2) is 5.82 Å². The van der Waals surface area contributed by atoms with E-state index in [1.165, 1.54) is 12.8 Å². The second-order valence-electron chi connectivity index (χ2n) is 6.31. The topological polar surface area (TPSA) is 83.8 Å². The van der Waals surface area contributed by atoms with Gasteiger partial charge in [-0.1, -0.05) is 12.1 Å². The number of fused-ring (bicyclic) bond motifs is 2. The first-order chi connectivity index (χ1) is 11.8. The molecule has 3 aromatic heterocycles. The SMILES string of the molecule is CC(Nc1nccn2c(C3CC3)nnc12)c1nc2ccccc2[nH]1. The molecule has 1 aliphatic rings. The molecule has 120 valence electrons. The van der Waals surface area contributed by atoms with Gasteiger partial charge in [0.1, 0.15) is 11.6 Å². The molecule has 1 aromatic carbocycles. The molecular formula is C17H17N7. The molecule has 0 aliphatic heterocycles. The molecule has 24 heavy (non-hydrogen) atoms. The van der Waals surface area contributed by atoms with Gasteiger partial charge in [-0.2, -0.15) is 0 Å². The normalized spacial score (nSPS) is 15.9. The fourth-order valence-corrected chi connectivity index (χ4v) is 3.02. The molecule has 7 nitrogen and oxygen atoms in total. The van der Waals surface area contributed by atoms with Crippen LogP contribution in [0, 0.1) is 0 Å². The van der Waals surface area contributed by atoms with Crippen molar-refractivity contribution in [2.75, 3.05) is 5.32 Å². The summed E-state index contributed by atoms with van der Waals surface area (Å²) in [4.78, 5) is 12.4. The molecule has 0 saturated heterocycles. The molecule has 7 heteroatoms. The summed E-state index contributed by atoms with van der Waals surface area (Å²) in [5, 5.41) is 12.1. The monoisotopic (exact) mass is 319 g/mol. The van der Waals surface area contributed by atoms with Gasteiger partial charge < -0.3 is 10.3 Å². The molecule has 0 bridgehead atoms. The van der Waals surface area contributed by atoms with E-state index in [1.807, 2.05) is 34.9 Å². The zero-order chi connectivity index (χ0) is 16.1. The number of para-hydroxylation sites is 2. The number of nitrogens with zero attached hydrogens (tertiary/aromatic N) is 5. The van der Waals surface area contributed by atoms with Crippen LogP contribution in [-0.4, -0.2) is 29.5 Å². The standard InChI is InChI=1S/C17H17N7/c1-10(14-20-12-4-2-3-5-13(12)21-14)19-15-17-23-22-16(11-6-7-11)24(17)9-8-18-15/h2-5,8-11H,6-7H2,1H3,(H,18,19)(H,20,21). The molecule has 3 heterocycles. The zero-order valence-electron chi connectivity index (χ0n) is 13.3. The van der Waals surface area contributed by atoms with Gasteiger partial charge in [-0.15, -0.1) is 10.2 Å². The predicted molar refractivity (Wildman–Crippen MR) is 90.9 cm³/mol. The molecule has 1 atom stereocenters. The Morgan fingerprint density at radius 1 is 1.25 bits per heavy atom. The van der Waals surface area contributed by atoms with Crippen molar-refractivity contribution in [3.05, 3.63) is 48.3 Å². The Balaban J connectivity index is 1.49. The molecule has 1 saturated carbocycles. The van der Waals surface area contributed by atoms with E-state index < -0.39 is 0 Å². The van der Waals surface area contributed by atoms with Crippen molar-refractivity contribution in [1.82, 2.24) is 29.5 Å². The summed E-state index contributed by atoms with van der Waals surface area (Å²) >= 11 is 0. The lowest BCUT2D eigenvalue weighted by Crippen LogP contribution is -2.11. The number of nitrogens with one attached hydrogen (secondary N) is 2. The summed E-state index contributed by atoms with van der Waals surface area (Å²) in [5.74, 6) is 3.18. The minimum absolute atomic E-state index is 0.0165. The smallest absolute Gasteiger partial charge is 0.203 e. The van der Waals surface area contributed by atoms with Crippen LogP contribution in [-0.2, 0) is 0 Å². The third-order valence-corrected chi connectivity index (χ3v) is 4.47. The van der Waals surface area contributed by atoms with Crippen LogP contribution in [0.25, 0.3) is 16.7 Å². The minimum atomic E-state index is -0.0165. The Labute approximate surface area is 138 Å². The number of aromatic nitrogens is 6. The van der Waals surface area contributed by atoms with E-state index in [2.05, 4.69) is 37.4 Å². The molecule has 4 aromatic rings. The molecule has 2 N–H and O–H groups in total. The average Bonchev–Trinajstić information content (AvgIpc) is 3.20. The maximum atomic E-state index is 4.64. The van der Waals surface area contributed by atoms with Crippen LogP contribution >= 0.6 is 0 Å². The van der Waals surface area contributed by atoms with Crippen LogP contribution in [0.1, 0.15) is 43.4 Å². The van der Waals surface area contributed by atoms with Crippen LogP contribution < -0.4 is 5.32 Å².